The van der Waals surface area contributed by atoms with Gasteiger partial charge >= 0.3 is 0 Å². The molecule has 2 unspecified atom stereocenters. The summed E-state index contributed by atoms with van der Waals surface area (Å²) in [6.07, 6.45) is 6.91. The minimum absolute atomic E-state index is 0.0565. The highest BCUT2D eigenvalue weighted by Gasteiger charge is 2.25. The first-order valence-electron chi connectivity index (χ1n) is 17.1. The lowest BCUT2D eigenvalue weighted by molar-refractivity contribution is 0.641. The first-order valence-corrected chi connectivity index (χ1v) is 17.1. The number of hydrogen-bond acceptors (Lipinski definition) is 4. The minimum atomic E-state index is 0.0565. The number of benzene rings is 6. The van der Waals surface area contributed by atoms with Crippen molar-refractivity contribution < 1.29 is 0 Å². The van der Waals surface area contributed by atoms with Gasteiger partial charge in [0.25, 0.3) is 0 Å². The van der Waals surface area contributed by atoms with Crippen molar-refractivity contribution in [3.63, 3.8) is 0 Å². The molecule has 240 valence electrons. The molecule has 4 nitrogen and oxygen atoms in total. The molecule has 0 amide bonds. The zero-order chi connectivity index (χ0) is 34.7. The molecule has 0 aliphatic heterocycles. The van der Waals surface area contributed by atoms with Crippen molar-refractivity contribution in [2.45, 2.75) is 12.8 Å². The Kier molecular flexibility index (Phi) is 8.34. The largest absolute Gasteiger partial charge is 0.228 e. The number of hydrogen-bond donors (Lipinski definition) is 0. The lowest BCUT2D eigenvalue weighted by Gasteiger charge is -2.26. The Labute approximate surface area is 298 Å². The highest BCUT2D eigenvalue weighted by molar-refractivity contribution is 5.99. The lowest BCUT2D eigenvalue weighted by Crippen LogP contribution is -2.11. The van der Waals surface area contributed by atoms with E-state index in [-0.39, 0.29) is 11.8 Å². The Balaban J connectivity index is 1.35. The van der Waals surface area contributed by atoms with Gasteiger partial charge in [0, 0.05) is 22.4 Å². The quantitative estimate of drug-likeness (QED) is 0.179. The van der Waals surface area contributed by atoms with E-state index in [0.29, 0.717) is 17.0 Å². The number of nitrogens with zero attached hydrogens (tertiary/aromatic N) is 4. The molecule has 1 heterocycles. The van der Waals surface area contributed by atoms with E-state index in [1.165, 1.54) is 16.7 Å². The van der Waals surface area contributed by atoms with Crippen LogP contribution in [0.4, 0.5) is 0 Å². The molecule has 6 aromatic carbocycles. The molecule has 7 aromatic rings. The summed E-state index contributed by atoms with van der Waals surface area (Å²) in [5.41, 5.74) is 12.6. The molecule has 2 atom stereocenters. The molecule has 0 bridgehead atoms. The molecule has 1 aliphatic carbocycles. The first-order chi connectivity index (χ1) is 25.1. The molecular formula is C47H32N4. The Hall–Kier alpha value is -6.88. The average molecular weight is 653 g/mol. The number of allylic oxidation sites excluding steroid dienone is 4. The van der Waals surface area contributed by atoms with Crippen LogP contribution in [0, 0.1) is 28.6 Å². The average Bonchev–Trinajstić information content (AvgIpc) is 3.21. The van der Waals surface area contributed by atoms with Crippen LogP contribution in [-0.2, 0) is 0 Å². The summed E-state index contributed by atoms with van der Waals surface area (Å²) in [7, 11) is 0. The Morgan fingerprint density at radius 2 is 1.06 bits per heavy atom. The molecule has 8 rings (SSSR count). The van der Waals surface area contributed by atoms with Crippen LogP contribution < -0.4 is 0 Å². The van der Waals surface area contributed by atoms with Gasteiger partial charge in [-0.2, -0.15) is 10.5 Å². The first kappa shape index (κ1) is 31.4. The van der Waals surface area contributed by atoms with Gasteiger partial charge in [0.1, 0.15) is 0 Å². The summed E-state index contributed by atoms with van der Waals surface area (Å²) >= 11 is 0. The summed E-state index contributed by atoms with van der Waals surface area (Å²) < 4.78 is 0. The van der Waals surface area contributed by atoms with Gasteiger partial charge in [0.15, 0.2) is 5.82 Å². The molecule has 4 heteroatoms. The van der Waals surface area contributed by atoms with Crippen molar-refractivity contribution in [1.82, 2.24) is 9.97 Å². The van der Waals surface area contributed by atoms with E-state index in [9.17, 15) is 10.5 Å². The van der Waals surface area contributed by atoms with Crippen LogP contribution >= 0.6 is 0 Å². The second-order valence-corrected chi connectivity index (χ2v) is 12.9. The second-order valence-electron chi connectivity index (χ2n) is 12.9. The van der Waals surface area contributed by atoms with Crippen LogP contribution in [0.5, 0.6) is 0 Å². The summed E-state index contributed by atoms with van der Waals surface area (Å²) in [4.78, 5) is 10.5. The van der Waals surface area contributed by atoms with Crippen molar-refractivity contribution in [1.29, 1.82) is 10.5 Å². The van der Waals surface area contributed by atoms with Crippen LogP contribution in [0.1, 0.15) is 35.1 Å². The van der Waals surface area contributed by atoms with Crippen molar-refractivity contribution in [2.24, 2.45) is 5.92 Å². The predicted octanol–water partition coefficient (Wildman–Crippen LogP) is 11.4. The van der Waals surface area contributed by atoms with Crippen molar-refractivity contribution in [3.05, 3.63) is 186 Å². The zero-order valence-electron chi connectivity index (χ0n) is 28.0. The SMILES string of the molecule is CC1C=C(c2ccccc2)C=CC1c1cc(-c2ccc(-c3ccccc3)cc2)cc2c(-c3ccc(C#N)cc3)nc(-c3ccc(C#N)cc3)nc12. The highest BCUT2D eigenvalue weighted by atomic mass is 14.9. The van der Waals surface area contributed by atoms with E-state index >= 15 is 0 Å². The molecule has 0 N–H and O–H groups in total. The summed E-state index contributed by atoms with van der Waals surface area (Å²) in [5, 5.41) is 19.9. The predicted molar refractivity (Wildman–Crippen MR) is 206 cm³/mol. The molecule has 0 spiro atoms. The Morgan fingerprint density at radius 1 is 0.529 bits per heavy atom. The fourth-order valence-corrected chi connectivity index (χ4v) is 6.95. The second kappa shape index (κ2) is 13.6. The van der Waals surface area contributed by atoms with Gasteiger partial charge in [0.2, 0.25) is 0 Å². The fraction of sp³-hybridized carbons (Fsp3) is 0.0638. The van der Waals surface area contributed by atoms with E-state index in [1.807, 2.05) is 48.5 Å². The molecular weight excluding hydrogens is 621 g/mol. The summed E-state index contributed by atoms with van der Waals surface area (Å²) in [6.45, 7) is 2.27. The molecule has 0 saturated carbocycles. The third-order valence-electron chi connectivity index (χ3n) is 9.67. The lowest BCUT2D eigenvalue weighted by atomic mass is 9.79. The van der Waals surface area contributed by atoms with Gasteiger partial charge in [-0.05, 0) is 93.4 Å². The maximum absolute atomic E-state index is 9.55. The van der Waals surface area contributed by atoms with Gasteiger partial charge in [-0.15, -0.1) is 0 Å². The van der Waals surface area contributed by atoms with Crippen LogP contribution in [-0.4, -0.2) is 9.97 Å². The van der Waals surface area contributed by atoms with E-state index in [0.717, 1.165) is 50.0 Å². The number of fused-ring (bicyclic) bond motifs is 1. The maximum atomic E-state index is 9.55. The topological polar surface area (TPSA) is 73.4 Å². The zero-order valence-corrected chi connectivity index (χ0v) is 28.0. The van der Waals surface area contributed by atoms with Crippen molar-refractivity contribution in [3.8, 4) is 57.0 Å². The summed E-state index contributed by atoms with van der Waals surface area (Å²) in [6, 6.07) is 53.6. The molecule has 0 fully saturated rings. The van der Waals surface area contributed by atoms with E-state index < -0.39 is 0 Å². The Bertz CT molecular complexity index is 2520. The fourth-order valence-electron chi connectivity index (χ4n) is 6.95. The van der Waals surface area contributed by atoms with Gasteiger partial charge in [0.05, 0.1) is 34.5 Å². The molecule has 1 aromatic heterocycles. The molecule has 0 saturated heterocycles. The van der Waals surface area contributed by atoms with Gasteiger partial charge in [-0.25, -0.2) is 9.97 Å². The van der Waals surface area contributed by atoms with E-state index in [2.05, 4.69) is 122 Å². The highest BCUT2D eigenvalue weighted by Crippen LogP contribution is 2.42. The molecule has 51 heavy (non-hydrogen) atoms. The van der Waals surface area contributed by atoms with Crippen LogP contribution in [0.15, 0.2) is 164 Å². The van der Waals surface area contributed by atoms with Crippen LogP contribution in [0.25, 0.3) is 61.4 Å². The Morgan fingerprint density at radius 3 is 1.65 bits per heavy atom. The van der Waals surface area contributed by atoms with Crippen molar-refractivity contribution >= 4 is 16.5 Å². The maximum Gasteiger partial charge on any atom is 0.160 e. The third kappa shape index (κ3) is 6.24. The number of rotatable bonds is 6. The van der Waals surface area contributed by atoms with Gasteiger partial charge in [-0.3, -0.25) is 0 Å². The van der Waals surface area contributed by atoms with E-state index in [1.54, 1.807) is 12.1 Å². The minimum Gasteiger partial charge on any atom is -0.228 e. The smallest absolute Gasteiger partial charge is 0.160 e. The number of aromatic nitrogens is 2. The monoisotopic (exact) mass is 652 g/mol. The molecule has 0 radical (unpaired) electrons. The normalized spacial score (nSPS) is 15.2. The summed E-state index contributed by atoms with van der Waals surface area (Å²) in [5.74, 6) is 0.831. The van der Waals surface area contributed by atoms with Crippen LogP contribution in [0.3, 0.4) is 0 Å². The van der Waals surface area contributed by atoms with Crippen LogP contribution in [0.2, 0.25) is 0 Å². The molecule has 1 aliphatic rings. The van der Waals surface area contributed by atoms with E-state index in [4.69, 9.17) is 9.97 Å². The van der Waals surface area contributed by atoms with Crippen molar-refractivity contribution in [2.75, 3.05) is 0 Å². The number of nitriles is 2. The third-order valence-corrected chi connectivity index (χ3v) is 9.67. The van der Waals surface area contributed by atoms with Gasteiger partial charge in [-0.1, -0.05) is 122 Å². The standard InChI is InChI=1S/C47H32N4/c1-31-26-40(35-10-6-3-7-11-35)24-25-42(31)43-27-41(37-22-20-36(21-23-37)34-8-4-2-5-9-34)28-44-45(38-16-12-32(29-48)13-17-38)50-47(51-46(43)44)39-18-14-33(30-49)15-19-39/h2-28,31,42H,1H3. The van der Waals surface area contributed by atoms with Gasteiger partial charge < -0.3 is 0 Å².